The molecule has 1 aliphatic heterocycles. The summed E-state index contributed by atoms with van der Waals surface area (Å²) in [6.45, 7) is 5.13. The monoisotopic (exact) mass is 386 g/mol. The van der Waals surface area contributed by atoms with Gasteiger partial charge >= 0.3 is 0 Å². The highest BCUT2D eigenvalue weighted by Crippen LogP contribution is 2.29. The van der Waals surface area contributed by atoms with Gasteiger partial charge in [-0.1, -0.05) is 13.0 Å². The molecular formula is C21H26N2O3S. The number of thiophene rings is 1. The van der Waals surface area contributed by atoms with Crippen LogP contribution >= 0.6 is 11.3 Å². The van der Waals surface area contributed by atoms with E-state index in [-0.39, 0.29) is 12.0 Å². The van der Waals surface area contributed by atoms with Crippen molar-refractivity contribution < 1.29 is 14.3 Å². The third-order valence-corrected chi connectivity index (χ3v) is 5.38. The van der Waals surface area contributed by atoms with Gasteiger partial charge in [0.2, 0.25) is 5.91 Å². The van der Waals surface area contributed by atoms with Crippen LogP contribution in [-0.4, -0.2) is 43.7 Å². The van der Waals surface area contributed by atoms with Gasteiger partial charge in [-0.15, -0.1) is 11.3 Å². The molecule has 2 heterocycles. The molecule has 0 radical (unpaired) electrons. The first-order valence-corrected chi connectivity index (χ1v) is 10.1. The largest absolute Gasteiger partial charge is 0.497 e. The molecule has 27 heavy (non-hydrogen) atoms. The first-order chi connectivity index (χ1) is 13.2. The van der Waals surface area contributed by atoms with Crippen molar-refractivity contribution in [2.75, 3.05) is 26.7 Å². The van der Waals surface area contributed by atoms with Gasteiger partial charge in [0.15, 0.2) is 0 Å². The summed E-state index contributed by atoms with van der Waals surface area (Å²) in [5.74, 6) is 1.69. The molecule has 1 aromatic carbocycles. The van der Waals surface area contributed by atoms with E-state index in [1.165, 1.54) is 0 Å². The standard InChI is InChI=1S/C21H26N2O3S/c1-3-17-15-23(14-16-13-18(25-2)6-8-20(16)26-17)11-10-22-21(24)9-7-19-5-4-12-27-19/h4-9,12-13,17H,3,10-11,14-15H2,1-2H3,(H,22,24)/b9-7+. The van der Waals surface area contributed by atoms with Crippen molar-refractivity contribution in [3.8, 4) is 11.5 Å². The second-order valence-corrected chi connectivity index (χ2v) is 7.48. The van der Waals surface area contributed by atoms with Gasteiger partial charge in [0.05, 0.1) is 7.11 Å². The van der Waals surface area contributed by atoms with E-state index in [9.17, 15) is 4.79 Å². The van der Waals surface area contributed by atoms with Crippen LogP contribution in [0.25, 0.3) is 6.08 Å². The van der Waals surface area contributed by atoms with Crippen molar-refractivity contribution in [1.29, 1.82) is 0 Å². The van der Waals surface area contributed by atoms with E-state index in [0.29, 0.717) is 6.54 Å². The van der Waals surface area contributed by atoms with E-state index in [4.69, 9.17) is 9.47 Å². The first kappa shape index (κ1) is 19.5. The molecule has 0 spiro atoms. The summed E-state index contributed by atoms with van der Waals surface area (Å²) in [7, 11) is 1.67. The molecule has 5 nitrogen and oxygen atoms in total. The normalized spacial score (nSPS) is 17.2. The van der Waals surface area contributed by atoms with Crippen LogP contribution in [0.1, 0.15) is 23.8 Å². The third-order valence-electron chi connectivity index (χ3n) is 4.54. The van der Waals surface area contributed by atoms with Crippen LogP contribution < -0.4 is 14.8 Å². The fourth-order valence-electron chi connectivity index (χ4n) is 3.05. The molecule has 1 aromatic heterocycles. The number of benzene rings is 1. The molecule has 0 saturated carbocycles. The number of ether oxygens (including phenoxy) is 2. The number of hydrogen-bond donors (Lipinski definition) is 1. The lowest BCUT2D eigenvalue weighted by molar-refractivity contribution is -0.116. The predicted molar refractivity (Wildman–Crippen MR) is 109 cm³/mol. The first-order valence-electron chi connectivity index (χ1n) is 9.23. The second-order valence-electron chi connectivity index (χ2n) is 6.50. The average molecular weight is 387 g/mol. The van der Waals surface area contributed by atoms with Crippen molar-refractivity contribution >= 4 is 23.3 Å². The number of nitrogens with zero attached hydrogens (tertiary/aromatic N) is 1. The van der Waals surface area contributed by atoms with Crippen LogP contribution in [0, 0.1) is 0 Å². The fourth-order valence-corrected chi connectivity index (χ4v) is 3.67. The molecule has 0 saturated heterocycles. The number of fused-ring (bicyclic) bond motifs is 1. The van der Waals surface area contributed by atoms with Crippen LogP contribution in [0.5, 0.6) is 11.5 Å². The molecule has 1 aliphatic rings. The zero-order valence-corrected chi connectivity index (χ0v) is 16.6. The Morgan fingerprint density at radius 2 is 2.33 bits per heavy atom. The van der Waals surface area contributed by atoms with E-state index < -0.39 is 0 Å². The van der Waals surface area contributed by atoms with E-state index in [1.54, 1.807) is 24.5 Å². The summed E-state index contributed by atoms with van der Waals surface area (Å²) in [6, 6.07) is 9.91. The van der Waals surface area contributed by atoms with Crippen molar-refractivity contribution in [3.63, 3.8) is 0 Å². The van der Waals surface area contributed by atoms with Crippen LogP contribution in [0.4, 0.5) is 0 Å². The Kier molecular flexibility index (Phi) is 6.90. The number of rotatable bonds is 7. The molecule has 1 unspecified atom stereocenters. The molecule has 0 aliphatic carbocycles. The zero-order valence-electron chi connectivity index (χ0n) is 15.8. The van der Waals surface area contributed by atoms with Crippen LogP contribution in [0.2, 0.25) is 0 Å². The van der Waals surface area contributed by atoms with Gasteiger partial charge in [-0.2, -0.15) is 0 Å². The predicted octanol–water partition coefficient (Wildman–Crippen LogP) is 3.56. The van der Waals surface area contributed by atoms with Crippen molar-refractivity contribution in [3.05, 3.63) is 52.2 Å². The lowest BCUT2D eigenvalue weighted by atomic mass is 10.2. The molecule has 1 atom stereocenters. The number of hydrogen-bond acceptors (Lipinski definition) is 5. The summed E-state index contributed by atoms with van der Waals surface area (Å²) in [6.07, 6.45) is 4.52. The minimum atomic E-state index is -0.0661. The smallest absolute Gasteiger partial charge is 0.244 e. The van der Waals surface area contributed by atoms with E-state index in [2.05, 4.69) is 17.1 Å². The maximum absolute atomic E-state index is 12.0. The van der Waals surface area contributed by atoms with Gasteiger partial charge < -0.3 is 14.8 Å². The Hall–Kier alpha value is -2.31. The highest BCUT2D eigenvalue weighted by atomic mass is 32.1. The van der Waals surface area contributed by atoms with Gasteiger partial charge in [-0.3, -0.25) is 9.69 Å². The maximum Gasteiger partial charge on any atom is 0.244 e. The van der Waals surface area contributed by atoms with Crippen LogP contribution in [-0.2, 0) is 11.3 Å². The second kappa shape index (κ2) is 9.58. The summed E-state index contributed by atoms with van der Waals surface area (Å²) in [5, 5.41) is 4.96. The minimum absolute atomic E-state index is 0.0661. The van der Waals surface area contributed by atoms with Crippen molar-refractivity contribution in [2.24, 2.45) is 0 Å². The zero-order chi connectivity index (χ0) is 19.1. The number of methoxy groups -OCH3 is 1. The number of amides is 1. The Balaban J connectivity index is 1.56. The minimum Gasteiger partial charge on any atom is -0.497 e. The summed E-state index contributed by atoms with van der Waals surface area (Å²) in [4.78, 5) is 15.4. The number of nitrogens with one attached hydrogen (secondary N) is 1. The molecule has 3 rings (SSSR count). The van der Waals surface area contributed by atoms with Gasteiger partial charge in [-0.05, 0) is 42.1 Å². The molecule has 144 valence electrons. The molecular weight excluding hydrogens is 360 g/mol. The lowest BCUT2D eigenvalue weighted by Gasteiger charge is -2.23. The SMILES string of the molecule is CCC1CN(CCNC(=O)/C=C/c2cccs2)Cc2cc(OC)ccc2O1. The molecule has 1 amide bonds. The van der Waals surface area contributed by atoms with E-state index in [0.717, 1.165) is 48.0 Å². The summed E-state index contributed by atoms with van der Waals surface area (Å²) >= 11 is 1.61. The molecule has 6 heteroatoms. The van der Waals surface area contributed by atoms with Crippen molar-refractivity contribution in [2.45, 2.75) is 26.0 Å². The van der Waals surface area contributed by atoms with E-state index in [1.807, 2.05) is 41.8 Å². The van der Waals surface area contributed by atoms with Gasteiger partial charge in [0.25, 0.3) is 0 Å². The highest BCUT2D eigenvalue weighted by molar-refractivity contribution is 7.10. The fraction of sp³-hybridized carbons (Fsp3) is 0.381. The van der Waals surface area contributed by atoms with Crippen LogP contribution in [0.3, 0.4) is 0 Å². The quantitative estimate of drug-likeness (QED) is 0.740. The molecule has 0 bridgehead atoms. The number of carbonyl (C=O) groups excluding carboxylic acids is 1. The summed E-state index contributed by atoms with van der Waals surface area (Å²) in [5.41, 5.74) is 1.12. The summed E-state index contributed by atoms with van der Waals surface area (Å²) < 4.78 is 11.5. The molecule has 1 N–H and O–H groups in total. The Labute approximate surface area is 164 Å². The van der Waals surface area contributed by atoms with Gasteiger partial charge in [0.1, 0.15) is 17.6 Å². The topological polar surface area (TPSA) is 50.8 Å². The molecule has 2 aromatic rings. The average Bonchev–Trinajstić information content (AvgIpc) is 3.13. The Bertz CT molecular complexity index is 774. The lowest BCUT2D eigenvalue weighted by Crippen LogP contribution is -2.38. The van der Waals surface area contributed by atoms with Crippen molar-refractivity contribution in [1.82, 2.24) is 10.2 Å². The highest BCUT2D eigenvalue weighted by Gasteiger charge is 2.22. The molecule has 0 fully saturated rings. The maximum atomic E-state index is 12.0. The number of carbonyl (C=O) groups is 1. The van der Waals surface area contributed by atoms with Crippen LogP contribution in [0.15, 0.2) is 41.8 Å². The third kappa shape index (κ3) is 5.58. The van der Waals surface area contributed by atoms with E-state index >= 15 is 0 Å². The van der Waals surface area contributed by atoms with Gasteiger partial charge in [0, 0.05) is 42.7 Å². The Morgan fingerprint density at radius 3 is 3.07 bits per heavy atom. The Morgan fingerprint density at radius 1 is 1.44 bits per heavy atom. The van der Waals surface area contributed by atoms with Gasteiger partial charge in [-0.25, -0.2) is 0 Å².